The summed E-state index contributed by atoms with van der Waals surface area (Å²) in [5.74, 6) is -0.172. The molecule has 0 aliphatic carbocycles. The van der Waals surface area contributed by atoms with Gasteiger partial charge in [-0.15, -0.1) is 11.3 Å². The maximum atomic E-state index is 13.2. The van der Waals surface area contributed by atoms with E-state index in [1.165, 1.54) is 16.5 Å². The van der Waals surface area contributed by atoms with E-state index in [4.69, 9.17) is 0 Å². The van der Waals surface area contributed by atoms with Crippen molar-refractivity contribution < 1.29 is 4.39 Å². The molecule has 0 saturated carbocycles. The van der Waals surface area contributed by atoms with E-state index >= 15 is 0 Å². The summed E-state index contributed by atoms with van der Waals surface area (Å²) in [4.78, 5) is 1.31. The number of nitrogens with one attached hydrogen (secondary N) is 1. The lowest BCUT2D eigenvalue weighted by molar-refractivity contribution is 0.613. The van der Waals surface area contributed by atoms with Crippen LogP contribution in [0.2, 0.25) is 0 Å². The fourth-order valence-corrected chi connectivity index (χ4v) is 3.21. The van der Waals surface area contributed by atoms with Crippen molar-refractivity contribution in [2.45, 2.75) is 26.8 Å². The smallest absolute Gasteiger partial charge is 0.123 e. The first-order valence-electron chi connectivity index (χ1n) is 6.17. The molecule has 2 rings (SSSR count). The first kappa shape index (κ1) is 13.2. The first-order valence-corrected chi connectivity index (χ1v) is 7.05. The molecule has 1 atom stereocenters. The van der Waals surface area contributed by atoms with Gasteiger partial charge in [0.1, 0.15) is 5.82 Å². The Kier molecular flexibility index (Phi) is 4.15. The lowest BCUT2D eigenvalue weighted by atomic mass is 9.98. The highest BCUT2D eigenvalue weighted by Crippen LogP contribution is 2.31. The van der Waals surface area contributed by atoms with Gasteiger partial charge in [-0.2, -0.15) is 0 Å². The van der Waals surface area contributed by atoms with Crippen molar-refractivity contribution in [1.29, 1.82) is 0 Å². The number of aryl methyl sites for hydroxylation is 2. The van der Waals surface area contributed by atoms with E-state index in [0.29, 0.717) is 0 Å². The predicted molar refractivity (Wildman–Crippen MR) is 75.7 cm³/mol. The number of halogens is 1. The van der Waals surface area contributed by atoms with Crippen LogP contribution in [-0.4, -0.2) is 6.54 Å². The SMILES string of the molecule is CCNC(c1ccc(F)cc1C)c1sccc1C. The van der Waals surface area contributed by atoms with E-state index in [1.807, 2.05) is 13.0 Å². The predicted octanol–water partition coefficient (Wildman–Crippen LogP) is 4.20. The first-order chi connectivity index (χ1) is 8.63. The van der Waals surface area contributed by atoms with Crippen LogP contribution in [0.1, 0.15) is 34.5 Å². The second-order valence-corrected chi connectivity index (χ2v) is 5.41. The van der Waals surface area contributed by atoms with Crippen molar-refractivity contribution in [1.82, 2.24) is 5.32 Å². The third-order valence-electron chi connectivity index (χ3n) is 3.11. The molecule has 1 nitrogen and oxygen atoms in total. The van der Waals surface area contributed by atoms with Gasteiger partial charge in [-0.1, -0.05) is 13.0 Å². The van der Waals surface area contributed by atoms with E-state index in [9.17, 15) is 4.39 Å². The Morgan fingerprint density at radius 2 is 2.00 bits per heavy atom. The summed E-state index contributed by atoms with van der Waals surface area (Å²) in [6.07, 6.45) is 0. The molecular formula is C15H18FNS. The number of benzene rings is 1. The topological polar surface area (TPSA) is 12.0 Å². The zero-order chi connectivity index (χ0) is 13.1. The molecule has 1 heterocycles. The van der Waals surface area contributed by atoms with Crippen LogP contribution in [0.4, 0.5) is 4.39 Å². The molecule has 0 fully saturated rings. The second-order valence-electron chi connectivity index (χ2n) is 4.46. The van der Waals surface area contributed by atoms with Crippen LogP contribution < -0.4 is 5.32 Å². The van der Waals surface area contributed by atoms with Crippen LogP contribution in [0.5, 0.6) is 0 Å². The van der Waals surface area contributed by atoms with E-state index in [-0.39, 0.29) is 11.9 Å². The maximum absolute atomic E-state index is 13.2. The Bertz CT molecular complexity index is 533. The highest BCUT2D eigenvalue weighted by atomic mass is 32.1. The minimum Gasteiger partial charge on any atom is -0.306 e. The molecule has 18 heavy (non-hydrogen) atoms. The van der Waals surface area contributed by atoms with Crippen molar-refractivity contribution in [2.75, 3.05) is 6.54 Å². The normalized spacial score (nSPS) is 12.7. The molecule has 0 spiro atoms. The molecule has 0 bridgehead atoms. The van der Waals surface area contributed by atoms with Gasteiger partial charge < -0.3 is 5.32 Å². The van der Waals surface area contributed by atoms with Crippen molar-refractivity contribution in [2.24, 2.45) is 0 Å². The third-order valence-corrected chi connectivity index (χ3v) is 4.20. The Balaban J connectivity index is 2.45. The molecule has 0 aliphatic rings. The van der Waals surface area contributed by atoms with Gasteiger partial charge in [0.25, 0.3) is 0 Å². The Morgan fingerprint density at radius 1 is 1.22 bits per heavy atom. The van der Waals surface area contributed by atoms with Crippen LogP contribution in [0.15, 0.2) is 29.6 Å². The highest BCUT2D eigenvalue weighted by Gasteiger charge is 2.18. The molecule has 0 amide bonds. The van der Waals surface area contributed by atoms with Gasteiger partial charge in [0.15, 0.2) is 0 Å². The number of thiophene rings is 1. The van der Waals surface area contributed by atoms with Crippen LogP contribution in [-0.2, 0) is 0 Å². The Labute approximate surface area is 112 Å². The van der Waals surface area contributed by atoms with Gasteiger partial charge in [0.2, 0.25) is 0 Å². The summed E-state index contributed by atoms with van der Waals surface area (Å²) in [5.41, 5.74) is 3.44. The summed E-state index contributed by atoms with van der Waals surface area (Å²) in [6, 6.07) is 7.31. The van der Waals surface area contributed by atoms with E-state index in [1.54, 1.807) is 17.4 Å². The number of rotatable bonds is 4. The van der Waals surface area contributed by atoms with Gasteiger partial charge in [-0.25, -0.2) is 4.39 Å². The maximum Gasteiger partial charge on any atom is 0.123 e. The van der Waals surface area contributed by atoms with Crippen LogP contribution in [0.3, 0.4) is 0 Å². The summed E-state index contributed by atoms with van der Waals surface area (Å²) >= 11 is 1.75. The highest BCUT2D eigenvalue weighted by molar-refractivity contribution is 7.10. The van der Waals surface area contributed by atoms with Gasteiger partial charge in [-0.3, -0.25) is 0 Å². The van der Waals surface area contributed by atoms with E-state index < -0.39 is 0 Å². The Hall–Kier alpha value is -1.19. The molecule has 2 aromatic rings. The summed E-state index contributed by atoms with van der Waals surface area (Å²) in [6.45, 7) is 7.06. The van der Waals surface area contributed by atoms with Crippen molar-refractivity contribution in [3.8, 4) is 0 Å². The van der Waals surface area contributed by atoms with Gasteiger partial charge in [-0.05, 0) is 60.7 Å². The fraction of sp³-hybridized carbons (Fsp3) is 0.333. The van der Waals surface area contributed by atoms with Crippen molar-refractivity contribution in [3.05, 3.63) is 57.0 Å². The molecule has 1 aromatic heterocycles. The average Bonchev–Trinajstić information content (AvgIpc) is 2.73. The van der Waals surface area contributed by atoms with Gasteiger partial charge in [0, 0.05) is 4.88 Å². The lowest BCUT2D eigenvalue weighted by Gasteiger charge is -2.20. The monoisotopic (exact) mass is 263 g/mol. The van der Waals surface area contributed by atoms with E-state index in [2.05, 4.69) is 30.6 Å². The van der Waals surface area contributed by atoms with Gasteiger partial charge >= 0.3 is 0 Å². The van der Waals surface area contributed by atoms with Crippen molar-refractivity contribution >= 4 is 11.3 Å². The Morgan fingerprint density at radius 3 is 2.56 bits per heavy atom. The van der Waals surface area contributed by atoms with E-state index in [0.717, 1.165) is 17.7 Å². The summed E-state index contributed by atoms with van der Waals surface area (Å²) in [5, 5.41) is 5.60. The standard InChI is InChI=1S/C15H18FNS/c1-4-17-14(15-10(2)7-8-18-15)13-6-5-12(16)9-11(13)3/h5-9,14,17H,4H2,1-3H3. The molecule has 0 aliphatic heterocycles. The quantitative estimate of drug-likeness (QED) is 0.871. The van der Waals surface area contributed by atoms with Gasteiger partial charge in [0.05, 0.1) is 6.04 Å². The van der Waals surface area contributed by atoms with Crippen LogP contribution in [0, 0.1) is 19.7 Å². The lowest BCUT2D eigenvalue weighted by Crippen LogP contribution is -2.22. The fourth-order valence-electron chi connectivity index (χ4n) is 2.19. The molecule has 0 radical (unpaired) electrons. The molecule has 1 N–H and O–H groups in total. The summed E-state index contributed by atoms with van der Waals surface area (Å²) < 4.78 is 13.2. The average molecular weight is 263 g/mol. The van der Waals surface area contributed by atoms with Crippen LogP contribution in [0.25, 0.3) is 0 Å². The number of hydrogen-bond donors (Lipinski definition) is 1. The molecule has 1 unspecified atom stereocenters. The minimum absolute atomic E-state index is 0.163. The van der Waals surface area contributed by atoms with Crippen LogP contribution >= 0.6 is 11.3 Å². The number of hydrogen-bond acceptors (Lipinski definition) is 2. The zero-order valence-corrected chi connectivity index (χ0v) is 11.8. The molecule has 1 aromatic carbocycles. The molecule has 0 saturated heterocycles. The molecule has 96 valence electrons. The zero-order valence-electron chi connectivity index (χ0n) is 11.0. The minimum atomic E-state index is -0.172. The molecular weight excluding hydrogens is 245 g/mol. The summed E-state index contributed by atoms with van der Waals surface area (Å²) in [7, 11) is 0. The molecule has 3 heteroatoms. The second kappa shape index (κ2) is 5.63. The van der Waals surface area contributed by atoms with Crippen molar-refractivity contribution in [3.63, 3.8) is 0 Å². The third kappa shape index (κ3) is 2.62. The largest absolute Gasteiger partial charge is 0.306 e.